The summed E-state index contributed by atoms with van der Waals surface area (Å²) < 4.78 is 10.8. The molecule has 2 N–H and O–H groups in total. The van der Waals surface area contributed by atoms with Crippen molar-refractivity contribution < 1.29 is 14.3 Å². The number of carbonyl (C=O) groups excluding carboxylic acids is 1. The van der Waals surface area contributed by atoms with Gasteiger partial charge in [-0.1, -0.05) is 11.6 Å². The van der Waals surface area contributed by atoms with E-state index in [-0.39, 0.29) is 5.97 Å². The van der Waals surface area contributed by atoms with Crippen molar-refractivity contribution in [1.29, 1.82) is 0 Å². The molecule has 1 aromatic carbocycles. The number of ether oxygens (including phenoxy) is 2. The van der Waals surface area contributed by atoms with Crippen LogP contribution in [0, 0.1) is 0 Å². The van der Waals surface area contributed by atoms with E-state index in [1.165, 1.54) is 0 Å². The lowest BCUT2D eigenvalue weighted by atomic mass is 10.0. The average Bonchev–Trinajstić information content (AvgIpc) is 2.39. The molecule has 1 unspecified atom stereocenters. The highest BCUT2D eigenvalue weighted by atomic mass is 35.5. The van der Waals surface area contributed by atoms with Crippen molar-refractivity contribution >= 4 is 28.9 Å². The number of anilines is 2. The molecule has 1 heterocycles. The molecule has 0 fully saturated rings. The predicted octanol–water partition coefficient (Wildman–Crippen LogP) is 2.51. The summed E-state index contributed by atoms with van der Waals surface area (Å²) in [7, 11) is 1.77. The maximum atomic E-state index is 11.9. The highest BCUT2D eigenvalue weighted by Gasteiger charge is 2.40. The highest BCUT2D eigenvalue weighted by molar-refractivity contribution is 6.33. The van der Waals surface area contributed by atoms with Gasteiger partial charge in [0.1, 0.15) is 5.75 Å². The zero-order valence-electron chi connectivity index (χ0n) is 11.2. The van der Waals surface area contributed by atoms with Crippen molar-refractivity contribution in [3.63, 3.8) is 0 Å². The van der Waals surface area contributed by atoms with Gasteiger partial charge in [-0.3, -0.25) is 0 Å². The Balaban J connectivity index is 2.30. The molecule has 1 aromatic rings. The third-order valence-corrected chi connectivity index (χ3v) is 3.31. The molecule has 1 aliphatic rings. The number of halogens is 1. The van der Waals surface area contributed by atoms with Crippen LogP contribution in [0.2, 0.25) is 5.02 Å². The number of hydrogen-bond donors (Lipinski definition) is 2. The molecular formula is C13H17ClN2O3. The normalized spacial score (nSPS) is 20.8. The van der Waals surface area contributed by atoms with Crippen LogP contribution in [0.1, 0.15) is 13.8 Å². The zero-order chi connectivity index (χ0) is 14.0. The van der Waals surface area contributed by atoms with Crippen LogP contribution in [0.4, 0.5) is 11.4 Å². The summed E-state index contributed by atoms with van der Waals surface area (Å²) in [6.07, 6.45) is 0. The molecule has 2 rings (SSSR count). The predicted molar refractivity (Wildman–Crippen MR) is 75.2 cm³/mol. The lowest BCUT2D eigenvalue weighted by molar-refractivity contribution is -0.159. The first kappa shape index (κ1) is 13.8. The van der Waals surface area contributed by atoms with Crippen LogP contribution in [-0.2, 0) is 9.53 Å². The molecule has 0 amide bonds. The van der Waals surface area contributed by atoms with E-state index in [0.717, 1.165) is 11.4 Å². The van der Waals surface area contributed by atoms with Gasteiger partial charge in [0, 0.05) is 13.1 Å². The lowest BCUT2D eigenvalue weighted by Crippen LogP contribution is -2.50. The fourth-order valence-electron chi connectivity index (χ4n) is 1.91. The molecular weight excluding hydrogens is 268 g/mol. The van der Waals surface area contributed by atoms with Crippen LogP contribution in [0.5, 0.6) is 5.75 Å². The van der Waals surface area contributed by atoms with E-state index in [9.17, 15) is 4.79 Å². The van der Waals surface area contributed by atoms with Crippen LogP contribution in [-0.4, -0.2) is 31.8 Å². The van der Waals surface area contributed by atoms with Gasteiger partial charge in [0.15, 0.2) is 0 Å². The van der Waals surface area contributed by atoms with E-state index in [4.69, 9.17) is 21.1 Å². The molecule has 19 heavy (non-hydrogen) atoms. The summed E-state index contributed by atoms with van der Waals surface area (Å²) in [5.41, 5.74) is 0.489. The summed E-state index contributed by atoms with van der Waals surface area (Å²) >= 11 is 6.09. The van der Waals surface area contributed by atoms with Gasteiger partial charge in [0.2, 0.25) is 5.60 Å². The number of hydrogen-bond acceptors (Lipinski definition) is 5. The third kappa shape index (κ3) is 2.56. The van der Waals surface area contributed by atoms with Crippen molar-refractivity contribution in [2.75, 3.05) is 30.8 Å². The Kier molecular flexibility index (Phi) is 3.75. The standard InChI is InChI=1S/C13H17ClN2O3/c1-4-18-12(17)13(2)7-16-10-5-8(14)9(15-3)6-11(10)19-13/h5-6,15-16H,4,7H2,1-3H3. The second-order valence-corrected chi connectivity index (χ2v) is 4.89. The number of fused-ring (bicyclic) bond motifs is 1. The van der Waals surface area contributed by atoms with Crippen LogP contribution in [0.15, 0.2) is 12.1 Å². The monoisotopic (exact) mass is 284 g/mol. The van der Waals surface area contributed by atoms with Crippen LogP contribution in [0.3, 0.4) is 0 Å². The van der Waals surface area contributed by atoms with Crippen LogP contribution < -0.4 is 15.4 Å². The smallest absolute Gasteiger partial charge is 0.352 e. The van der Waals surface area contributed by atoms with Gasteiger partial charge in [-0.05, 0) is 19.9 Å². The van der Waals surface area contributed by atoms with Gasteiger partial charge >= 0.3 is 5.97 Å². The Morgan fingerprint density at radius 3 is 3.00 bits per heavy atom. The van der Waals surface area contributed by atoms with E-state index in [1.807, 2.05) is 0 Å². The van der Waals surface area contributed by atoms with Gasteiger partial charge in [0.05, 0.1) is 29.5 Å². The van der Waals surface area contributed by atoms with E-state index >= 15 is 0 Å². The minimum absolute atomic E-state index is 0.326. The second kappa shape index (κ2) is 5.17. The first-order chi connectivity index (χ1) is 9.00. The van der Waals surface area contributed by atoms with E-state index in [1.54, 1.807) is 33.0 Å². The molecule has 0 bridgehead atoms. The Morgan fingerprint density at radius 1 is 1.63 bits per heavy atom. The molecule has 5 nitrogen and oxygen atoms in total. The lowest BCUT2D eigenvalue weighted by Gasteiger charge is -2.34. The molecule has 0 spiro atoms. The molecule has 0 radical (unpaired) electrons. The van der Waals surface area contributed by atoms with Crippen molar-refractivity contribution in [3.05, 3.63) is 17.2 Å². The van der Waals surface area contributed by atoms with Crippen LogP contribution >= 0.6 is 11.6 Å². The second-order valence-electron chi connectivity index (χ2n) is 4.49. The molecule has 0 aliphatic carbocycles. The topological polar surface area (TPSA) is 59.6 Å². The maximum absolute atomic E-state index is 11.9. The highest BCUT2D eigenvalue weighted by Crippen LogP contribution is 2.39. The van der Waals surface area contributed by atoms with Crippen molar-refractivity contribution in [3.8, 4) is 5.75 Å². The SMILES string of the molecule is CCOC(=O)C1(C)CNc2cc(Cl)c(NC)cc2O1. The Morgan fingerprint density at radius 2 is 2.37 bits per heavy atom. The van der Waals surface area contributed by atoms with E-state index in [2.05, 4.69) is 10.6 Å². The summed E-state index contributed by atoms with van der Waals surface area (Å²) in [5.74, 6) is 0.199. The minimum Gasteiger partial charge on any atom is -0.472 e. The molecule has 1 atom stereocenters. The van der Waals surface area contributed by atoms with E-state index in [0.29, 0.717) is 23.9 Å². The van der Waals surface area contributed by atoms with Crippen LogP contribution in [0.25, 0.3) is 0 Å². The summed E-state index contributed by atoms with van der Waals surface area (Å²) in [6.45, 7) is 4.14. The molecule has 104 valence electrons. The molecule has 0 aromatic heterocycles. The van der Waals surface area contributed by atoms with Crippen molar-refractivity contribution in [1.82, 2.24) is 0 Å². The zero-order valence-corrected chi connectivity index (χ0v) is 11.9. The Hall–Kier alpha value is -1.62. The number of rotatable bonds is 3. The van der Waals surface area contributed by atoms with Crippen molar-refractivity contribution in [2.24, 2.45) is 0 Å². The summed E-state index contributed by atoms with van der Waals surface area (Å²) in [4.78, 5) is 11.9. The molecule has 1 aliphatic heterocycles. The Bertz CT molecular complexity index is 507. The first-order valence-corrected chi connectivity index (χ1v) is 6.49. The fourth-order valence-corrected chi connectivity index (χ4v) is 2.17. The third-order valence-electron chi connectivity index (χ3n) is 3.00. The van der Waals surface area contributed by atoms with Gasteiger partial charge in [-0.2, -0.15) is 0 Å². The van der Waals surface area contributed by atoms with Gasteiger partial charge in [-0.15, -0.1) is 0 Å². The van der Waals surface area contributed by atoms with Crippen molar-refractivity contribution in [2.45, 2.75) is 19.4 Å². The first-order valence-electron chi connectivity index (χ1n) is 6.11. The van der Waals surface area contributed by atoms with E-state index < -0.39 is 5.60 Å². The molecule has 6 heteroatoms. The fraction of sp³-hybridized carbons (Fsp3) is 0.462. The largest absolute Gasteiger partial charge is 0.472 e. The summed E-state index contributed by atoms with van der Waals surface area (Å²) in [5, 5.41) is 6.71. The quantitative estimate of drug-likeness (QED) is 0.835. The van der Waals surface area contributed by atoms with Gasteiger partial charge in [-0.25, -0.2) is 4.79 Å². The molecule has 0 saturated heterocycles. The average molecular weight is 285 g/mol. The number of nitrogens with one attached hydrogen (secondary N) is 2. The maximum Gasteiger partial charge on any atom is 0.352 e. The molecule has 0 saturated carbocycles. The minimum atomic E-state index is -1.03. The van der Waals surface area contributed by atoms with Gasteiger partial charge in [0.25, 0.3) is 0 Å². The van der Waals surface area contributed by atoms with Gasteiger partial charge < -0.3 is 20.1 Å². The number of carbonyl (C=O) groups is 1. The Labute approximate surface area is 117 Å². The number of benzene rings is 1. The number of esters is 1. The summed E-state index contributed by atoms with van der Waals surface area (Å²) in [6, 6.07) is 3.54.